The van der Waals surface area contributed by atoms with Gasteiger partial charge in [0.15, 0.2) is 6.10 Å². The quantitative estimate of drug-likeness (QED) is 0.0271. The first-order valence-corrected chi connectivity index (χ1v) is 22.6. The van der Waals surface area contributed by atoms with E-state index in [1.54, 1.807) is 0 Å². The number of phosphoric ester groups is 1. The van der Waals surface area contributed by atoms with Crippen molar-refractivity contribution in [1.82, 2.24) is 0 Å². The minimum atomic E-state index is -4.40. The van der Waals surface area contributed by atoms with Gasteiger partial charge in [-0.25, -0.2) is 4.57 Å². The summed E-state index contributed by atoms with van der Waals surface area (Å²) in [4.78, 5) is 34.8. The van der Waals surface area contributed by atoms with Crippen LogP contribution in [0.3, 0.4) is 0 Å². The van der Waals surface area contributed by atoms with Crippen molar-refractivity contribution in [3.63, 3.8) is 0 Å². The molecule has 55 heavy (non-hydrogen) atoms. The van der Waals surface area contributed by atoms with E-state index in [2.05, 4.69) is 98.9 Å². The van der Waals surface area contributed by atoms with Gasteiger partial charge in [-0.05, 0) is 96.3 Å². The van der Waals surface area contributed by atoms with E-state index >= 15 is 0 Å². The first-order chi connectivity index (χ1) is 26.8. The SMILES string of the molecule is CCCCCC=CCC=CCC=CCC=CCCCCCC(=O)OCC(COP(=O)(O)OCCN)OC(=O)CCCCC=CCC=CCC=CCCCCC. The van der Waals surface area contributed by atoms with Gasteiger partial charge in [-0.15, -0.1) is 0 Å². The van der Waals surface area contributed by atoms with Gasteiger partial charge < -0.3 is 20.1 Å². The van der Waals surface area contributed by atoms with Gasteiger partial charge in [0.05, 0.1) is 13.2 Å². The minimum Gasteiger partial charge on any atom is -0.462 e. The average molecular weight is 790 g/mol. The van der Waals surface area contributed by atoms with Gasteiger partial charge in [-0.3, -0.25) is 18.6 Å². The van der Waals surface area contributed by atoms with Crippen molar-refractivity contribution < 1.29 is 37.6 Å². The molecule has 0 fully saturated rings. The van der Waals surface area contributed by atoms with Gasteiger partial charge in [0.2, 0.25) is 0 Å². The van der Waals surface area contributed by atoms with Crippen LogP contribution in [0.15, 0.2) is 85.1 Å². The second-order valence-electron chi connectivity index (χ2n) is 13.5. The Kier molecular flexibility index (Phi) is 38.8. The molecule has 314 valence electrons. The standard InChI is InChI=1S/C45H76NO8P/c1-3-5-7-9-11-13-15-17-19-20-21-22-24-25-27-29-31-33-35-37-44(47)51-41-43(42-53-55(49,50)52-40-39-46)54-45(48)38-36-34-32-30-28-26-23-18-16-14-12-10-8-6-4-2/h11-14,17-19,21-23,25,27-28,30,43H,3-10,15-16,20,24,26,29,31-42,46H2,1-2H3,(H,49,50). The molecule has 0 saturated heterocycles. The fourth-order valence-electron chi connectivity index (χ4n) is 5.09. The first kappa shape index (κ1) is 52.2. The van der Waals surface area contributed by atoms with E-state index in [-0.39, 0.29) is 32.6 Å². The Morgan fingerprint density at radius 1 is 0.545 bits per heavy atom. The van der Waals surface area contributed by atoms with Crippen LogP contribution in [0.25, 0.3) is 0 Å². The van der Waals surface area contributed by atoms with E-state index < -0.39 is 32.5 Å². The topological polar surface area (TPSA) is 134 Å². The molecule has 2 atom stereocenters. The van der Waals surface area contributed by atoms with Crippen molar-refractivity contribution in [2.24, 2.45) is 5.73 Å². The highest BCUT2D eigenvalue weighted by Gasteiger charge is 2.25. The molecular formula is C45H76NO8P. The summed E-state index contributed by atoms with van der Waals surface area (Å²) in [6.07, 6.45) is 50.4. The molecule has 3 N–H and O–H groups in total. The van der Waals surface area contributed by atoms with E-state index in [1.165, 1.54) is 44.9 Å². The van der Waals surface area contributed by atoms with Crippen LogP contribution in [0.2, 0.25) is 0 Å². The van der Waals surface area contributed by atoms with Gasteiger partial charge in [0.1, 0.15) is 6.61 Å². The lowest BCUT2D eigenvalue weighted by atomic mass is 10.1. The lowest BCUT2D eigenvalue weighted by molar-refractivity contribution is -0.161. The Hall–Kier alpha value is -2.81. The number of hydrogen-bond acceptors (Lipinski definition) is 8. The number of phosphoric acid groups is 1. The normalized spacial score (nSPS) is 14.2. The molecule has 0 aromatic carbocycles. The van der Waals surface area contributed by atoms with E-state index in [0.717, 1.165) is 70.6 Å². The molecule has 0 aromatic rings. The summed E-state index contributed by atoms with van der Waals surface area (Å²) < 4.78 is 32.7. The molecule has 0 bridgehead atoms. The molecule has 10 heteroatoms. The molecule has 0 saturated carbocycles. The molecule has 0 heterocycles. The molecule has 0 rings (SSSR count). The first-order valence-electron chi connectivity index (χ1n) is 21.1. The van der Waals surface area contributed by atoms with E-state index in [0.29, 0.717) is 12.8 Å². The summed E-state index contributed by atoms with van der Waals surface area (Å²) in [5.41, 5.74) is 5.34. The third-order valence-corrected chi connectivity index (χ3v) is 9.24. The number of esters is 2. The van der Waals surface area contributed by atoms with E-state index in [9.17, 15) is 19.0 Å². The maximum atomic E-state index is 12.5. The highest BCUT2D eigenvalue weighted by atomic mass is 31.2. The summed E-state index contributed by atoms with van der Waals surface area (Å²) in [6.45, 7) is 3.56. The molecule has 2 unspecified atom stereocenters. The van der Waals surface area contributed by atoms with Crippen molar-refractivity contribution in [1.29, 1.82) is 0 Å². The highest BCUT2D eigenvalue weighted by molar-refractivity contribution is 7.47. The summed E-state index contributed by atoms with van der Waals surface area (Å²) in [5.74, 6) is -0.919. The third kappa shape index (κ3) is 40.7. The van der Waals surface area contributed by atoms with Gasteiger partial charge in [-0.2, -0.15) is 0 Å². The lowest BCUT2D eigenvalue weighted by Gasteiger charge is -2.19. The largest absolute Gasteiger partial charge is 0.472 e. The van der Waals surface area contributed by atoms with Gasteiger partial charge in [-0.1, -0.05) is 131 Å². The Balaban J connectivity index is 4.32. The zero-order valence-corrected chi connectivity index (χ0v) is 35.3. The summed E-state index contributed by atoms with van der Waals surface area (Å²) in [7, 11) is -4.40. The summed E-state index contributed by atoms with van der Waals surface area (Å²) in [5, 5.41) is 0. The van der Waals surface area contributed by atoms with Crippen LogP contribution in [0.1, 0.15) is 155 Å². The molecule has 0 aromatic heterocycles. The Bertz CT molecular complexity index is 1170. The van der Waals surface area contributed by atoms with Gasteiger partial charge in [0, 0.05) is 19.4 Å². The molecule has 0 aliphatic heterocycles. The Morgan fingerprint density at radius 2 is 0.945 bits per heavy atom. The molecule has 9 nitrogen and oxygen atoms in total. The molecule has 0 aliphatic rings. The Labute approximate surface area is 334 Å². The van der Waals surface area contributed by atoms with Crippen molar-refractivity contribution >= 4 is 19.8 Å². The Morgan fingerprint density at radius 3 is 1.40 bits per heavy atom. The molecule has 0 aliphatic carbocycles. The maximum Gasteiger partial charge on any atom is 0.472 e. The number of ether oxygens (including phenoxy) is 2. The van der Waals surface area contributed by atoms with Crippen LogP contribution in [-0.2, 0) is 32.7 Å². The fraction of sp³-hybridized carbons (Fsp3) is 0.644. The van der Waals surface area contributed by atoms with Crippen LogP contribution >= 0.6 is 7.82 Å². The van der Waals surface area contributed by atoms with Crippen molar-refractivity contribution in [3.05, 3.63) is 85.1 Å². The van der Waals surface area contributed by atoms with Gasteiger partial charge >= 0.3 is 19.8 Å². The zero-order valence-electron chi connectivity index (χ0n) is 34.4. The zero-order chi connectivity index (χ0) is 40.3. The number of unbranched alkanes of at least 4 members (excludes halogenated alkanes) is 11. The van der Waals surface area contributed by atoms with Gasteiger partial charge in [0.25, 0.3) is 0 Å². The number of nitrogens with two attached hydrogens (primary N) is 1. The van der Waals surface area contributed by atoms with Crippen LogP contribution in [0.4, 0.5) is 0 Å². The highest BCUT2D eigenvalue weighted by Crippen LogP contribution is 2.43. The predicted octanol–water partition coefficient (Wildman–Crippen LogP) is 12.0. The third-order valence-electron chi connectivity index (χ3n) is 8.25. The summed E-state index contributed by atoms with van der Waals surface area (Å²) in [6, 6.07) is 0. The number of hydrogen-bond donors (Lipinski definition) is 2. The van der Waals surface area contributed by atoms with E-state index in [4.69, 9.17) is 24.3 Å². The molecule has 0 radical (unpaired) electrons. The number of carbonyl (C=O) groups excluding carboxylic acids is 2. The minimum absolute atomic E-state index is 0.0379. The average Bonchev–Trinajstić information content (AvgIpc) is 3.17. The van der Waals surface area contributed by atoms with E-state index in [1.807, 2.05) is 0 Å². The van der Waals surface area contributed by atoms with Crippen molar-refractivity contribution in [2.75, 3.05) is 26.4 Å². The molecule has 0 spiro atoms. The number of rotatable bonds is 38. The van der Waals surface area contributed by atoms with Crippen LogP contribution in [0.5, 0.6) is 0 Å². The van der Waals surface area contributed by atoms with Crippen LogP contribution < -0.4 is 5.73 Å². The smallest absolute Gasteiger partial charge is 0.462 e. The van der Waals surface area contributed by atoms with Crippen LogP contribution in [0, 0.1) is 0 Å². The second kappa shape index (κ2) is 40.8. The lowest BCUT2D eigenvalue weighted by Crippen LogP contribution is -2.29. The number of allylic oxidation sites excluding steroid dienone is 14. The monoisotopic (exact) mass is 790 g/mol. The maximum absolute atomic E-state index is 12.5. The van der Waals surface area contributed by atoms with Crippen LogP contribution in [-0.4, -0.2) is 49.3 Å². The predicted molar refractivity (Wildman–Crippen MR) is 229 cm³/mol. The fourth-order valence-corrected chi connectivity index (χ4v) is 5.86. The van der Waals surface area contributed by atoms with Crippen molar-refractivity contribution in [3.8, 4) is 0 Å². The second-order valence-corrected chi connectivity index (χ2v) is 14.9. The molecule has 0 amide bonds. The summed E-state index contributed by atoms with van der Waals surface area (Å²) >= 11 is 0. The van der Waals surface area contributed by atoms with Crippen molar-refractivity contribution in [2.45, 2.75) is 161 Å². The molecular weight excluding hydrogens is 713 g/mol. The number of carbonyl (C=O) groups is 2.